The first-order valence-corrected chi connectivity index (χ1v) is 7.34. The van der Waals surface area contributed by atoms with Gasteiger partial charge in [-0.25, -0.2) is 14.6 Å². The number of thiazole rings is 1. The van der Waals surface area contributed by atoms with Crippen LogP contribution in [-0.2, 0) is 11.3 Å². The fourth-order valence-electron chi connectivity index (χ4n) is 2.21. The summed E-state index contributed by atoms with van der Waals surface area (Å²) in [6.07, 6.45) is 1.72. The van der Waals surface area contributed by atoms with Crippen LogP contribution in [0.5, 0.6) is 0 Å². The van der Waals surface area contributed by atoms with Gasteiger partial charge in [0, 0.05) is 7.11 Å². The molecule has 2 aromatic heterocycles. The van der Waals surface area contributed by atoms with Gasteiger partial charge in [-0.3, -0.25) is 0 Å². The summed E-state index contributed by atoms with van der Waals surface area (Å²) in [4.78, 5) is 8.74. The second-order valence-electron chi connectivity index (χ2n) is 4.90. The molecule has 3 aromatic rings. The van der Waals surface area contributed by atoms with Gasteiger partial charge in [-0.1, -0.05) is 19.9 Å². The van der Waals surface area contributed by atoms with Crippen LogP contribution >= 0.6 is 11.3 Å². The Balaban J connectivity index is 2.12. The minimum atomic E-state index is 0.420. The number of hydrogen-bond donors (Lipinski definition) is 0. The smallest absolute Gasteiger partial charge is 0.176 e. The lowest BCUT2D eigenvalue weighted by molar-refractivity contribution is 0.178. The second-order valence-corrected chi connectivity index (χ2v) is 5.75. The highest BCUT2D eigenvalue weighted by molar-refractivity contribution is 7.17. The molecular weight excluding hydrogens is 272 g/mol. The molecule has 0 atom stereocenters. The van der Waals surface area contributed by atoms with E-state index in [9.17, 15) is 0 Å². The van der Waals surface area contributed by atoms with Gasteiger partial charge in [0.05, 0.1) is 21.4 Å². The number of ether oxygens (including phenoxy) is 1. The molecular formula is C14H16N4OS. The third-order valence-electron chi connectivity index (χ3n) is 3.18. The van der Waals surface area contributed by atoms with E-state index in [4.69, 9.17) is 4.74 Å². The molecule has 0 radical (unpaired) electrons. The maximum absolute atomic E-state index is 5.05. The second kappa shape index (κ2) is 5.30. The summed E-state index contributed by atoms with van der Waals surface area (Å²) < 4.78 is 7.99. The Bertz CT molecular complexity index is 732. The molecule has 6 heteroatoms. The molecule has 0 unspecified atom stereocenters. The van der Waals surface area contributed by atoms with E-state index in [-0.39, 0.29) is 0 Å². The van der Waals surface area contributed by atoms with Gasteiger partial charge >= 0.3 is 0 Å². The zero-order chi connectivity index (χ0) is 14.1. The largest absolute Gasteiger partial charge is 0.377 e. The van der Waals surface area contributed by atoms with Gasteiger partial charge in [0.15, 0.2) is 5.82 Å². The van der Waals surface area contributed by atoms with Crippen LogP contribution in [0.15, 0.2) is 24.0 Å². The van der Waals surface area contributed by atoms with E-state index in [2.05, 4.69) is 41.0 Å². The van der Waals surface area contributed by atoms with Gasteiger partial charge in [-0.2, -0.15) is 0 Å². The van der Waals surface area contributed by atoms with Crippen LogP contribution in [-0.4, -0.2) is 26.9 Å². The molecule has 104 valence electrons. The molecule has 0 fully saturated rings. The Labute approximate surface area is 121 Å². The molecule has 1 aromatic carbocycles. The highest BCUT2D eigenvalue weighted by Crippen LogP contribution is 2.31. The molecule has 5 nitrogen and oxygen atoms in total. The zero-order valence-electron chi connectivity index (χ0n) is 11.7. The number of methoxy groups -OCH3 is 1. The molecule has 0 amide bonds. The topological polar surface area (TPSA) is 52.8 Å². The molecule has 2 heterocycles. The van der Waals surface area contributed by atoms with E-state index in [0.717, 1.165) is 15.9 Å². The summed E-state index contributed by atoms with van der Waals surface area (Å²) >= 11 is 1.63. The zero-order valence-corrected chi connectivity index (χ0v) is 12.5. The van der Waals surface area contributed by atoms with Crippen molar-refractivity contribution in [3.05, 3.63) is 35.4 Å². The number of nitrogens with zero attached hydrogens (tertiary/aromatic N) is 4. The molecule has 0 N–H and O–H groups in total. The first-order valence-electron chi connectivity index (χ1n) is 6.46. The first-order chi connectivity index (χ1) is 9.70. The molecule has 0 aliphatic heterocycles. The predicted molar refractivity (Wildman–Crippen MR) is 79.3 cm³/mol. The molecule has 0 aliphatic rings. The van der Waals surface area contributed by atoms with Crippen LogP contribution < -0.4 is 0 Å². The first kappa shape index (κ1) is 13.2. The Kier molecular flexibility index (Phi) is 3.50. The van der Waals surface area contributed by atoms with E-state index in [0.29, 0.717) is 18.3 Å². The van der Waals surface area contributed by atoms with Crippen molar-refractivity contribution in [1.82, 2.24) is 19.7 Å². The Hall–Kier alpha value is -1.79. The highest BCUT2D eigenvalue weighted by Gasteiger charge is 2.13. The van der Waals surface area contributed by atoms with E-state index in [1.165, 1.54) is 5.56 Å². The van der Waals surface area contributed by atoms with Gasteiger partial charge in [0.1, 0.15) is 12.9 Å². The molecule has 0 bridgehead atoms. The van der Waals surface area contributed by atoms with Crippen molar-refractivity contribution in [2.75, 3.05) is 7.11 Å². The normalized spacial score (nSPS) is 11.6. The minimum absolute atomic E-state index is 0.420. The summed E-state index contributed by atoms with van der Waals surface area (Å²) in [5, 5.41) is 4.43. The van der Waals surface area contributed by atoms with Crippen molar-refractivity contribution < 1.29 is 4.74 Å². The number of aromatic nitrogens is 4. The number of fused-ring (bicyclic) bond motifs is 1. The van der Waals surface area contributed by atoms with Gasteiger partial charge in [0.25, 0.3) is 0 Å². The van der Waals surface area contributed by atoms with E-state index in [1.807, 2.05) is 5.51 Å². The van der Waals surface area contributed by atoms with Crippen molar-refractivity contribution in [1.29, 1.82) is 0 Å². The highest BCUT2D eigenvalue weighted by atomic mass is 32.1. The van der Waals surface area contributed by atoms with Crippen LogP contribution in [0.4, 0.5) is 0 Å². The van der Waals surface area contributed by atoms with Gasteiger partial charge in [0.2, 0.25) is 0 Å². The van der Waals surface area contributed by atoms with E-state index >= 15 is 0 Å². The molecule has 0 aliphatic carbocycles. The van der Waals surface area contributed by atoms with Gasteiger partial charge < -0.3 is 4.74 Å². The molecule has 0 spiro atoms. The predicted octanol–water partition coefficient (Wildman–Crippen LogP) is 3.15. The Morgan fingerprint density at radius 1 is 1.30 bits per heavy atom. The fourth-order valence-corrected chi connectivity index (χ4v) is 3.04. The van der Waals surface area contributed by atoms with Crippen LogP contribution in [0.1, 0.15) is 31.2 Å². The molecule has 3 rings (SSSR count). The maximum atomic E-state index is 5.05. The van der Waals surface area contributed by atoms with Gasteiger partial charge in [-0.05, 0) is 17.5 Å². The number of rotatable bonds is 4. The van der Waals surface area contributed by atoms with E-state index in [1.54, 1.807) is 29.5 Å². The quantitative estimate of drug-likeness (QED) is 0.740. The summed E-state index contributed by atoms with van der Waals surface area (Å²) in [5.74, 6) is 1.13. The summed E-state index contributed by atoms with van der Waals surface area (Å²) in [6.45, 7) is 4.78. The summed E-state index contributed by atoms with van der Waals surface area (Å²) in [5.41, 5.74) is 5.22. The Morgan fingerprint density at radius 3 is 2.90 bits per heavy atom. The SMILES string of the molecule is COCc1ncn(-c2ccc(C(C)C)c3ncsc23)n1. The van der Waals surface area contributed by atoms with Crippen LogP contribution in [0.25, 0.3) is 15.9 Å². The maximum Gasteiger partial charge on any atom is 0.176 e. The number of hydrogen-bond acceptors (Lipinski definition) is 5. The average molecular weight is 288 g/mol. The average Bonchev–Trinajstić information content (AvgIpc) is 3.06. The summed E-state index contributed by atoms with van der Waals surface area (Å²) in [7, 11) is 1.64. The van der Waals surface area contributed by atoms with Crippen molar-refractivity contribution in [3.63, 3.8) is 0 Å². The Morgan fingerprint density at radius 2 is 2.15 bits per heavy atom. The van der Waals surface area contributed by atoms with Crippen LogP contribution in [0.2, 0.25) is 0 Å². The molecule has 20 heavy (non-hydrogen) atoms. The monoisotopic (exact) mass is 288 g/mol. The van der Waals surface area contributed by atoms with Crippen LogP contribution in [0, 0.1) is 0 Å². The van der Waals surface area contributed by atoms with Crippen molar-refractivity contribution in [3.8, 4) is 5.69 Å². The third kappa shape index (κ3) is 2.21. The summed E-state index contributed by atoms with van der Waals surface area (Å²) in [6, 6.07) is 4.21. The molecule has 0 saturated carbocycles. The lowest BCUT2D eigenvalue weighted by atomic mass is 10.0. The number of benzene rings is 1. The van der Waals surface area contributed by atoms with Crippen molar-refractivity contribution in [2.45, 2.75) is 26.4 Å². The fraction of sp³-hybridized carbons (Fsp3) is 0.357. The van der Waals surface area contributed by atoms with Crippen molar-refractivity contribution in [2.24, 2.45) is 0 Å². The van der Waals surface area contributed by atoms with E-state index < -0.39 is 0 Å². The third-order valence-corrected chi connectivity index (χ3v) is 4.02. The molecule has 0 saturated heterocycles. The standard InChI is InChI=1S/C14H16N4OS/c1-9(2)10-4-5-11(14-13(10)16-8-20-14)18-7-15-12(17-18)6-19-3/h4-5,7-9H,6H2,1-3H3. The lowest BCUT2D eigenvalue weighted by Crippen LogP contribution is -1.99. The minimum Gasteiger partial charge on any atom is -0.377 e. The van der Waals surface area contributed by atoms with Crippen LogP contribution in [0.3, 0.4) is 0 Å². The van der Waals surface area contributed by atoms with Gasteiger partial charge in [-0.15, -0.1) is 16.4 Å². The van der Waals surface area contributed by atoms with Crippen molar-refractivity contribution >= 4 is 21.6 Å². The lowest BCUT2D eigenvalue weighted by Gasteiger charge is -2.09.